The predicted octanol–water partition coefficient (Wildman–Crippen LogP) is 3.41. The molecule has 1 aromatic carbocycles. The summed E-state index contributed by atoms with van der Waals surface area (Å²) < 4.78 is 18.5. The molecule has 0 aliphatic carbocycles. The molecule has 21 heavy (non-hydrogen) atoms. The number of rotatable bonds is 5. The number of carbonyl (C=O) groups is 1. The van der Waals surface area contributed by atoms with Crippen molar-refractivity contribution >= 4 is 5.91 Å². The van der Waals surface area contributed by atoms with E-state index in [-0.39, 0.29) is 11.7 Å². The molecule has 0 aromatic heterocycles. The van der Waals surface area contributed by atoms with E-state index in [0.717, 1.165) is 50.9 Å². The number of piperidine rings is 1. The fraction of sp³-hybridized carbons (Fsp3) is 0.588. The molecule has 0 spiro atoms. The molecule has 1 aliphatic heterocycles. The fourth-order valence-corrected chi connectivity index (χ4v) is 3.00. The fourth-order valence-electron chi connectivity index (χ4n) is 3.00. The van der Waals surface area contributed by atoms with Crippen LogP contribution in [-0.4, -0.2) is 37.6 Å². The third-order valence-corrected chi connectivity index (χ3v) is 4.20. The molecule has 1 unspecified atom stereocenters. The summed E-state index contributed by atoms with van der Waals surface area (Å²) in [6.45, 7) is 4.17. The van der Waals surface area contributed by atoms with E-state index in [4.69, 9.17) is 4.74 Å². The molecule has 1 amide bonds. The van der Waals surface area contributed by atoms with Gasteiger partial charge in [-0.25, -0.2) is 4.39 Å². The van der Waals surface area contributed by atoms with Crippen molar-refractivity contribution in [2.24, 2.45) is 5.92 Å². The zero-order valence-electron chi connectivity index (χ0n) is 12.9. The van der Waals surface area contributed by atoms with Crippen LogP contribution < -0.4 is 0 Å². The molecule has 0 N–H and O–H groups in total. The van der Waals surface area contributed by atoms with Gasteiger partial charge in [0.05, 0.1) is 0 Å². The van der Waals surface area contributed by atoms with E-state index in [1.54, 1.807) is 13.2 Å². The molecule has 4 heteroatoms. The quantitative estimate of drug-likeness (QED) is 0.779. The van der Waals surface area contributed by atoms with Gasteiger partial charge in [0.25, 0.3) is 5.91 Å². The van der Waals surface area contributed by atoms with E-state index in [0.29, 0.717) is 11.5 Å². The highest BCUT2D eigenvalue weighted by Gasteiger charge is 2.25. The summed E-state index contributed by atoms with van der Waals surface area (Å²) in [5.41, 5.74) is 1.33. The van der Waals surface area contributed by atoms with Crippen LogP contribution in [-0.2, 0) is 4.74 Å². The van der Waals surface area contributed by atoms with Crippen molar-refractivity contribution in [3.63, 3.8) is 0 Å². The molecule has 1 atom stereocenters. The number of likely N-dealkylation sites (tertiary alicyclic amines) is 1. The number of carbonyl (C=O) groups excluding carboxylic acids is 1. The average Bonchev–Trinajstić information content (AvgIpc) is 2.49. The summed E-state index contributed by atoms with van der Waals surface area (Å²) in [7, 11) is 1.71. The maximum absolute atomic E-state index is 13.4. The Morgan fingerprint density at radius 1 is 1.48 bits per heavy atom. The lowest BCUT2D eigenvalue weighted by atomic mass is 9.93. The van der Waals surface area contributed by atoms with E-state index in [1.165, 1.54) is 12.1 Å². The Morgan fingerprint density at radius 2 is 2.29 bits per heavy atom. The molecule has 0 saturated carbocycles. The van der Waals surface area contributed by atoms with Gasteiger partial charge in [-0.15, -0.1) is 0 Å². The zero-order chi connectivity index (χ0) is 15.2. The van der Waals surface area contributed by atoms with E-state index in [1.807, 2.05) is 11.8 Å². The van der Waals surface area contributed by atoms with Crippen molar-refractivity contribution in [2.45, 2.75) is 32.6 Å². The van der Waals surface area contributed by atoms with Crippen LogP contribution in [0, 0.1) is 18.7 Å². The minimum Gasteiger partial charge on any atom is -0.385 e. The summed E-state index contributed by atoms with van der Waals surface area (Å²) in [5, 5.41) is 0. The van der Waals surface area contributed by atoms with Gasteiger partial charge in [-0.05, 0) is 56.2 Å². The normalized spacial score (nSPS) is 18.8. The molecule has 1 fully saturated rings. The Labute approximate surface area is 126 Å². The lowest BCUT2D eigenvalue weighted by Gasteiger charge is -2.33. The van der Waals surface area contributed by atoms with Crippen LogP contribution in [0.4, 0.5) is 4.39 Å². The van der Waals surface area contributed by atoms with Crippen LogP contribution in [0.15, 0.2) is 18.2 Å². The standard InChI is InChI=1S/C17H24FNO2/c1-13-7-8-15(18)11-16(13)17(20)19-9-3-5-14(12-19)6-4-10-21-2/h7-8,11,14H,3-6,9-10,12H2,1-2H3. The lowest BCUT2D eigenvalue weighted by molar-refractivity contribution is 0.0659. The van der Waals surface area contributed by atoms with Crippen molar-refractivity contribution in [1.29, 1.82) is 0 Å². The maximum Gasteiger partial charge on any atom is 0.254 e. The number of hydrogen-bond donors (Lipinski definition) is 0. The third-order valence-electron chi connectivity index (χ3n) is 4.20. The molecule has 3 nitrogen and oxygen atoms in total. The second kappa shape index (κ2) is 7.55. The van der Waals surface area contributed by atoms with Gasteiger partial charge in [0.1, 0.15) is 5.82 Å². The molecule has 1 heterocycles. The van der Waals surface area contributed by atoms with Gasteiger partial charge in [0.15, 0.2) is 0 Å². The van der Waals surface area contributed by atoms with Crippen LogP contribution in [0.3, 0.4) is 0 Å². The van der Waals surface area contributed by atoms with Gasteiger partial charge < -0.3 is 9.64 Å². The summed E-state index contributed by atoms with van der Waals surface area (Å²) in [4.78, 5) is 14.5. The number of methoxy groups -OCH3 is 1. The average molecular weight is 293 g/mol. The van der Waals surface area contributed by atoms with Crippen molar-refractivity contribution in [3.8, 4) is 0 Å². The summed E-state index contributed by atoms with van der Waals surface area (Å²) in [6, 6.07) is 4.42. The van der Waals surface area contributed by atoms with Gasteiger partial charge in [0.2, 0.25) is 0 Å². The molecular weight excluding hydrogens is 269 g/mol. The first-order chi connectivity index (χ1) is 10.1. The second-order valence-corrected chi connectivity index (χ2v) is 5.85. The number of hydrogen-bond acceptors (Lipinski definition) is 2. The summed E-state index contributed by atoms with van der Waals surface area (Å²) in [5.74, 6) is 0.146. The van der Waals surface area contributed by atoms with Gasteiger partial charge in [-0.1, -0.05) is 6.07 Å². The van der Waals surface area contributed by atoms with Gasteiger partial charge in [-0.3, -0.25) is 4.79 Å². The Morgan fingerprint density at radius 3 is 3.05 bits per heavy atom. The minimum atomic E-state index is -0.349. The monoisotopic (exact) mass is 293 g/mol. The van der Waals surface area contributed by atoms with E-state index < -0.39 is 0 Å². The van der Waals surface area contributed by atoms with Crippen LogP contribution in [0.2, 0.25) is 0 Å². The van der Waals surface area contributed by atoms with Gasteiger partial charge >= 0.3 is 0 Å². The Balaban J connectivity index is 2.00. The molecule has 2 rings (SSSR count). The second-order valence-electron chi connectivity index (χ2n) is 5.85. The number of ether oxygens (including phenoxy) is 1. The van der Waals surface area contributed by atoms with Crippen molar-refractivity contribution in [2.75, 3.05) is 26.8 Å². The number of nitrogens with zero attached hydrogens (tertiary/aromatic N) is 1. The molecule has 0 radical (unpaired) electrons. The van der Waals surface area contributed by atoms with Gasteiger partial charge in [-0.2, -0.15) is 0 Å². The summed E-state index contributed by atoms with van der Waals surface area (Å²) >= 11 is 0. The van der Waals surface area contributed by atoms with Crippen molar-refractivity contribution < 1.29 is 13.9 Å². The highest BCUT2D eigenvalue weighted by molar-refractivity contribution is 5.95. The smallest absolute Gasteiger partial charge is 0.254 e. The first kappa shape index (κ1) is 16.0. The zero-order valence-corrected chi connectivity index (χ0v) is 12.9. The maximum atomic E-state index is 13.4. The molecular formula is C17H24FNO2. The number of aryl methyl sites for hydroxylation is 1. The van der Waals surface area contributed by atoms with Crippen LogP contribution in [0.1, 0.15) is 41.6 Å². The Bertz CT molecular complexity index is 490. The third kappa shape index (κ3) is 4.27. The number of halogens is 1. The number of amides is 1. The summed E-state index contributed by atoms with van der Waals surface area (Å²) in [6.07, 6.45) is 4.30. The first-order valence-electron chi connectivity index (χ1n) is 7.66. The van der Waals surface area contributed by atoms with E-state index >= 15 is 0 Å². The van der Waals surface area contributed by atoms with Crippen LogP contribution >= 0.6 is 0 Å². The molecule has 1 aromatic rings. The Kier molecular flexibility index (Phi) is 5.74. The Hall–Kier alpha value is -1.42. The number of benzene rings is 1. The topological polar surface area (TPSA) is 29.5 Å². The van der Waals surface area contributed by atoms with Crippen LogP contribution in [0.5, 0.6) is 0 Å². The lowest BCUT2D eigenvalue weighted by Crippen LogP contribution is -2.40. The van der Waals surface area contributed by atoms with Crippen molar-refractivity contribution in [3.05, 3.63) is 35.1 Å². The van der Waals surface area contributed by atoms with Gasteiger partial charge in [0, 0.05) is 32.4 Å². The predicted molar refractivity (Wildman–Crippen MR) is 80.9 cm³/mol. The van der Waals surface area contributed by atoms with E-state index in [2.05, 4.69) is 0 Å². The molecule has 0 bridgehead atoms. The minimum absolute atomic E-state index is 0.0385. The molecule has 116 valence electrons. The van der Waals surface area contributed by atoms with E-state index in [9.17, 15) is 9.18 Å². The highest BCUT2D eigenvalue weighted by Crippen LogP contribution is 2.23. The SMILES string of the molecule is COCCCC1CCCN(C(=O)c2cc(F)ccc2C)C1. The molecule has 1 aliphatic rings. The van der Waals surface area contributed by atoms with Crippen LogP contribution in [0.25, 0.3) is 0 Å². The molecule has 1 saturated heterocycles. The first-order valence-corrected chi connectivity index (χ1v) is 7.66. The van der Waals surface area contributed by atoms with Crippen molar-refractivity contribution in [1.82, 2.24) is 4.90 Å². The largest absolute Gasteiger partial charge is 0.385 e. The highest BCUT2D eigenvalue weighted by atomic mass is 19.1.